The van der Waals surface area contributed by atoms with Crippen molar-refractivity contribution in [3.8, 4) is 23.1 Å². The van der Waals surface area contributed by atoms with Gasteiger partial charge in [0.05, 0.1) is 12.8 Å². The quantitative estimate of drug-likeness (QED) is 0.0536. The number of nitrogens with one attached hydrogen (secondary N) is 4. The third kappa shape index (κ3) is 9.01. The zero-order valence-corrected chi connectivity index (χ0v) is 30.3. The molecule has 0 atom stereocenters. The summed E-state index contributed by atoms with van der Waals surface area (Å²) in [5, 5.41) is 20.6. The second-order valence-corrected chi connectivity index (χ2v) is 13.0. The first-order chi connectivity index (χ1) is 25.4. The van der Waals surface area contributed by atoms with Crippen LogP contribution in [0.25, 0.3) is 16.5 Å². The van der Waals surface area contributed by atoms with E-state index in [2.05, 4.69) is 44.7 Å². The molecule has 4 aromatic carbocycles. The molecular weight excluding hydrogens is 673 g/mol. The molecule has 0 aliphatic heterocycles. The van der Waals surface area contributed by atoms with Gasteiger partial charge in [-0.3, -0.25) is 4.79 Å². The number of hydrogen-bond acceptors (Lipinski definition) is 10. The predicted molar refractivity (Wildman–Crippen MR) is 211 cm³/mol. The number of carbonyl (C=O) groups is 1. The standard InChI is InChI=1S/C40H42N8O3S/c1-5-7-24-52-38-26-36(48(47-38)30-15-17-31(50-4)18-16-30)44-27(3)43-34-19-20-35(33-14-9-8-13-32(33)34)51-37-21-23-42-40(46-37)45-29-12-10-11-28(25-29)39(49)41-22-6-2/h8-21,23,25-26,43-44H,3,5-7,22,24H2,1-2,4H3,(H,41,49)(H,42,45,46). The molecule has 0 saturated heterocycles. The van der Waals surface area contributed by atoms with Crippen molar-refractivity contribution >= 4 is 51.6 Å². The number of methoxy groups -OCH3 is 1. The monoisotopic (exact) mass is 714 g/mol. The van der Waals surface area contributed by atoms with Crippen LogP contribution in [0.4, 0.5) is 23.1 Å². The van der Waals surface area contributed by atoms with Crippen LogP contribution < -0.4 is 30.7 Å². The second-order valence-electron chi connectivity index (χ2n) is 11.8. The summed E-state index contributed by atoms with van der Waals surface area (Å²) >= 11 is 1.73. The molecule has 0 aliphatic rings. The first-order valence-corrected chi connectivity index (χ1v) is 18.2. The van der Waals surface area contributed by atoms with Gasteiger partial charge in [0, 0.05) is 52.6 Å². The fraction of sp³-hybridized carbons (Fsp3) is 0.200. The first kappa shape index (κ1) is 35.8. The average Bonchev–Trinajstić information content (AvgIpc) is 3.57. The van der Waals surface area contributed by atoms with Gasteiger partial charge in [-0.25, -0.2) is 9.67 Å². The number of anilines is 4. The number of thioether (sulfide) groups is 1. The molecule has 0 fully saturated rings. The molecule has 0 radical (unpaired) electrons. The number of hydrogen-bond donors (Lipinski definition) is 4. The largest absolute Gasteiger partial charge is 0.497 e. The molecule has 6 rings (SSSR count). The normalized spacial score (nSPS) is 10.8. The van der Waals surface area contributed by atoms with E-state index in [1.54, 1.807) is 43.3 Å². The fourth-order valence-corrected chi connectivity index (χ4v) is 6.33. The van der Waals surface area contributed by atoms with E-state index in [4.69, 9.17) is 14.6 Å². The zero-order chi connectivity index (χ0) is 36.3. The molecule has 266 valence electrons. The minimum Gasteiger partial charge on any atom is -0.497 e. The Hall–Kier alpha value is -6.01. The van der Waals surface area contributed by atoms with Crippen LogP contribution in [0.2, 0.25) is 0 Å². The van der Waals surface area contributed by atoms with Crippen LogP contribution in [0.3, 0.4) is 0 Å². The van der Waals surface area contributed by atoms with Gasteiger partial charge in [-0.15, -0.1) is 11.8 Å². The van der Waals surface area contributed by atoms with Crippen molar-refractivity contribution in [2.75, 3.05) is 35.4 Å². The number of aromatic nitrogens is 4. The molecule has 2 heterocycles. The van der Waals surface area contributed by atoms with Gasteiger partial charge in [-0.1, -0.05) is 57.2 Å². The summed E-state index contributed by atoms with van der Waals surface area (Å²) in [6.45, 7) is 9.11. The SMILES string of the molecule is C=C(Nc1ccc(Oc2ccnc(Nc3cccc(C(=O)NCCC)c3)n2)c2ccccc12)Nc1cc(SCCCC)nn1-c1ccc(OC)cc1. The van der Waals surface area contributed by atoms with Crippen LogP contribution in [0.5, 0.6) is 17.4 Å². The molecule has 52 heavy (non-hydrogen) atoms. The van der Waals surface area contributed by atoms with Crippen molar-refractivity contribution < 1.29 is 14.3 Å². The smallest absolute Gasteiger partial charge is 0.251 e. The number of amides is 1. The van der Waals surface area contributed by atoms with Gasteiger partial charge in [0.2, 0.25) is 11.8 Å². The summed E-state index contributed by atoms with van der Waals surface area (Å²) in [7, 11) is 1.65. The average molecular weight is 715 g/mol. The minimum absolute atomic E-state index is 0.126. The van der Waals surface area contributed by atoms with Crippen LogP contribution in [-0.2, 0) is 0 Å². The van der Waals surface area contributed by atoms with Crippen molar-refractivity contribution in [2.45, 2.75) is 38.1 Å². The maximum absolute atomic E-state index is 12.5. The lowest BCUT2D eigenvalue weighted by Gasteiger charge is -2.17. The molecule has 0 saturated carbocycles. The summed E-state index contributed by atoms with van der Waals surface area (Å²) in [5.41, 5.74) is 2.99. The Morgan fingerprint density at radius 3 is 2.52 bits per heavy atom. The Kier molecular flexibility index (Phi) is 11.9. The molecule has 0 bridgehead atoms. The highest BCUT2D eigenvalue weighted by Gasteiger charge is 2.14. The molecule has 2 aromatic heterocycles. The van der Waals surface area contributed by atoms with Crippen molar-refractivity contribution in [1.82, 2.24) is 25.1 Å². The third-order valence-electron chi connectivity index (χ3n) is 7.96. The summed E-state index contributed by atoms with van der Waals surface area (Å²) in [6, 6.07) is 30.6. The van der Waals surface area contributed by atoms with Crippen molar-refractivity contribution in [3.63, 3.8) is 0 Å². The molecule has 6 aromatic rings. The van der Waals surface area contributed by atoms with Crippen LogP contribution in [0.1, 0.15) is 43.5 Å². The summed E-state index contributed by atoms with van der Waals surface area (Å²) < 4.78 is 13.5. The lowest BCUT2D eigenvalue weighted by molar-refractivity contribution is 0.0953. The highest BCUT2D eigenvalue weighted by Crippen LogP contribution is 2.35. The van der Waals surface area contributed by atoms with Crippen molar-refractivity contribution in [2.24, 2.45) is 0 Å². The van der Waals surface area contributed by atoms with E-state index in [-0.39, 0.29) is 5.91 Å². The molecule has 0 aliphatic carbocycles. The number of rotatable bonds is 17. The molecule has 1 amide bonds. The van der Waals surface area contributed by atoms with Crippen LogP contribution in [0.15, 0.2) is 121 Å². The van der Waals surface area contributed by atoms with Gasteiger partial charge < -0.3 is 30.7 Å². The van der Waals surface area contributed by atoms with E-state index < -0.39 is 0 Å². The van der Waals surface area contributed by atoms with E-state index in [1.165, 1.54) is 0 Å². The molecule has 11 nitrogen and oxygen atoms in total. The Labute approximate surface area is 307 Å². The summed E-state index contributed by atoms with van der Waals surface area (Å²) in [5.74, 6) is 4.35. The predicted octanol–water partition coefficient (Wildman–Crippen LogP) is 9.39. The molecule has 0 spiro atoms. The van der Waals surface area contributed by atoms with Crippen LogP contribution in [-0.4, -0.2) is 45.1 Å². The lowest BCUT2D eigenvalue weighted by atomic mass is 10.1. The van der Waals surface area contributed by atoms with E-state index in [0.717, 1.165) is 63.8 Å². The maximum atomic E-state index is 12.5. The second kappa shape index (κ2) is 17.3. The van der Waals surface area contributed by atoms with Crippen LogP contribution >= 0.6 is 11.8 Å². The van der Waals surface area contributed by atoms with E-state index in [0.29, 0.717) is 41.2 Å². The van der Waals surface area contributed by atoms with Gasteiger partial charge >= 0.3 is 0 Å². The summed E-state index contributed by atoms with van der Waals surface area (Å²) in [6.07, 6.45) is 4.74. The third-order valence-corrected chi connectivity index (χ3v) is 8.95. The van der Waals surface area contributed by atoms with Crippen LogP contribution in [0, 0.1) is 0 Å². The topological polar surface area (TPSA) is 127 Å². The molecular formula is C40H42N8O3S. The van der Waals surface area contributed by atoms with Gasteiger partial charge in [0.15, 0.2) is 0 Å². The molecule has 4 N–H and O–H groups in total. The number of nitrogens with zero attached hydrogens (tertiary/aromatic N) is 4. The van der Waals surface area contributed by atoms with Crippen molar-refractivity contribution in [1.29, 1.82) is 0 Å². The van der Waals surface area contributed by atoms with E-state index >= 15 is 0 Å². The number of benzene rings is 4. The zero-order valence-electron chi connectivity index (χ0n) is 29.5. The minimum atomic E-state index is -0.126. The molecule has 12 heteroatoms. The van der Waals surface area contributed by atoms with E-state index in [1.807, 2.05) is 90.5 Å². The van der Waals surface area contributed by atoms with Gasteiger partial charge in [0.1, 0.15) is 28.2 Å². The van der Waals surface area contributed by atoms with E-state index in [9.17, 15) is 4.79 Å². The van der Waals surface area contributed by atoms with Gasteiger partial charge in [-0.2, -0.15) is 10.1 Å². The lowest BCUT2D eigenvalue weighted by Crippen LogP contribution is -2.23. The first-order valence-electron chi connectivity index (χ1n) is 17.2. The highest BCUT2D eigenvalue weighted by molar-refractivity contribution is 7.99. The highest BCUT2D eigenvalue weighted by atomic mass is 32.2. The van der Waals surface area contributed by atoms with Gasteiger partial charge in [0.25, 0.3) is 5.91 Å². The Morgan fingerprint density at radius 1 is 0.904 bits per heavy atom. The number of fused-ring (bicyclic) bond motifs is 1. The Bertz CT molecular complexity index is 2150. The molecule has 0 unspecified atom stereocenters. The fourth-order valence-electron chi connectivity index (χ4n) is 5.36. The Balaban J connectivity index is 1.18. The number of carbonyl (C=O) groups excluding carboxylic acids is 1. The number of ether oxygens (including phenoxy) is 2. The van der Waals surface area contributed by atoms with Crippen molar-refractivity contribution in [3.05, 3.63) is 121 Å². The number of unbranched alkanes of at least 4 members (excludes halogenated alkanes) is 1. The van der Waals surface area contributed by atoms with Gasteiger partial charge in [-0.05, 0) is 73.2 Å². The summed E-state index contributed by atoms with van der Waals surface area (Å²) in [4.78, 5) is 21.4. The maximum Gasteiger partial charge on any atom is 0.251 e. The Morgan fingerprint density at radius 2 is 1.73 bits per heavy atom.